The first-order valence-electron chi connectivity index (χ1n) is 10.4. The second kappa shape index (κ2) is 14.0. The van der Waals surface area contributed by atoms with Gasteiger partial charge in [0.25, 0.3) is 0 Å². The number of ketones is 2. The molecule has 0 bridgehead atoms. The molecule has 1 aliphatic carbocycles. The molecule has 0 atom stereocenters. The first kappa shape index (κ1) is 29.4. The lowest BCUT2D eigenvalue weighted by atomic mass is 9.81. The number of rotatable bonds is 12. The molecule has 2 aromatic rings. The number of aliphatic hydroxyl groups is 2. The summed E-state index contributed by atoms with van der Waals surface area (Å²) in [4.78, 5) is 26.5. The van der Waals surface area contributed by atoms with Crippen molar-refractivity contribution in [2.75, 3.05) is 63.1 Å². The summed E-state index contributed by atoms with van der Waals surface area (Å²) in [5, 5.41) is 50.7. The van der Waals surface area contributed by atoms with Crippen LogP contribution in [0.5, 0.6) is 11.5 Å². The van der Waals surface area contributed by atoms with Gasteiger partial charge in [-0.05, 0) is 24.3 Å². The number of phenols is 2. The number of hydrogen-bond donors (Lipinski definition) is 8. The Morgan fingerprint density at radius 2 is 1.15 bits per heavy atom. The second-order valence-corrected chi connectivity index (χ2v) is 7.22. The maximum Gasteiger partial charge on any atom is 0.200 e. The van der Waals surface area contributed by atoms with Crippen molar-refractivity contribution in [3.63, 3.8) is 0 Å². The number of phenolic OH excluding ortho intramolecular Hbond substituents is 2. The topological polar surface area (TPSA) is 163 Å². The number of carbonyl (C=O) groups is 2. The first-order chi connectivity index (χ1) is 15.5. The van der Waals surface area contributed by atoms with Crippen LogP contribution in [0.3, 0.4) is 0 Å². The van der Waals surface area contributed by atoms with Gasteiger partial charge >= 0.3 is 0 Å². The summed E-state index contributed by atoms with van der Waals surface area (Å²) in [5.41, 5.74) is 0.859. The van der Waals surface area contributed by atoms with Gasteiger partial charge in [0, 0.05) is 44.8 Å². The quantitative estimate of drug-likeness (QED) is 0.127. The largest absolute Gasteiger partial charge is 0.507 e. The van der Waals surface area contributed by atoms with Crippen molar-refractivity contribution in [2.24, 2.45) is 0 Å². The van der Waals surface area contributed by atoms with Crippen molar-refractivity contribution in [3.05, 3.63) is 46.5 Å². The molecule has 188 valence electrons. The van der Waals surface area contributed by atoms with Crippen LogP contribution in [-0.2, 0) is 0 Å². The smallest absolute Gasteiger partial charge is 0.200 e. The van der Waals surface area contributed by atoms with Crippen LogP contribution in [0.1, 0.15) is 31.8 Å². The predicted octanol–water partition coefficient (Wildman–Crippen LogP) is 0.704. The third-order valence-electron chi connectivity index (χ3n) is 5.09. The van der Waals surface area contributed by atoms with E-state index in [1.165, 1.54) is 18.2 Å². The Hall–Kier alpha value is -2.60. The average molecular weight is 517 g/mol. The molecule has 8 N–H and O–H groups in total. The third-order valence-corrected chi connectivity index (χ3v) is 5.09. The standard InChI is InChI=1S/C22H28N4O6.2ClH/c27-11-9-23-5-7-25-14-2-1-13-17(20(14)26-8-6-24-10-12-28)22(32)19-16(30)4-3-15(29)18(19)21(13)31;;/h1-4,23-30H,5-12H2;2*1H. The number of aliphatic hydroxyl groups excluding tert-OH is 2. The summed E-state index contributed by atoms with van der Waals surface area (Å²) in [6.45, 7) is 2.90. The highest BCUT2D eigenvalue weighted by atomic mass is 35.5. The van der Waals surface area contributed by atoms with Crippen molar-refractivity contribution < 1.29 is 30.0 Å². The van der Waals surface area contributed by atoms with Crippen molar-refractivity contribution in [1.82, 2.24) is 10.6 Å². The van der Waals surface area contributed by atoms with E-state index >= 15 is 0 Å². The van der Waals surface area contributed by atoms with E-state index in [1.807, 2.05) is 0 Å². The molecule has 0 saturated heterocycles. The molecule has 2 aromatic carbocycles. The van der Waals surface area contributed by atoms with Gasteiger partial charge in [0.1, 0.15) is 11.5 Å². The van der Waals surface area contributed by atoms with E-state index in [-0.39, 0.29) is 71.8 Å². The summed E-state index contributed by atoms with van der Waals surface area (Å²) >= 11 is 0. The monoisotopic (exact) mass is 516 g/mol. The van der Waals surface area contributed by atoms with Crippen LogP contribution in [0, 0.1) is 0 Å². The van der Waals surface area contributed by atoms with E-state index in [1.54, 1.807) is 6.07 Å². The van der Waals surface area contributed by atoms with Gasteiger partial charge in [-0.3, -0.25) is 9.59 Å². The molecule has 1 aliphatic rings. The summed E-state index contributed by atoms with van der Waals surface area (Å²) < 4.78 is 0. The summed E-state index contributed by atoms with van der Waals surface area (Å²) in [6.07, 6.45) is 0. The fourth-order valence-electron chi connectivity index (χ4n) is 3.63. The number of carbonyl (C=O) groups excluding carboxylic acids is 2. The van der Waals surface area contributed by atoms with Crippen molar-refractivity contribution in [1.29, 1.82) is 0 Å². The van der Waals surface area contributed by atoms with Gasteiger partial charge in [-0.15, -0.1) is 24.8 Å². The number of anilines is 2. The lowest BCUT2D eigenvalue weighted by molar-refractivity contribution is 0.0975. The maximum absolute atomic E-state index is 13.4. The zero-order valence-electron chi connectivity index (χ0n) is 18.4. The molecule has 3 rings (SSSR count). The second-order valence-electron chi connectivity index (χ2n) is 7.22. The third kappa shape index (κ3) is 6.29. The van der Waals surface area contributed by atoms with Crippen LogP contribution in [0.4, 0.5) is 11.4 Å². The lowest BCUT2D eigenvalue weighted by Gasteiger charge is -2.24. The molecule has 0 fully saturated rings. The highest BCUT2D eigenvalue weighted by molar-refractivity contribution is 6.32. The van der Waals surface area contributed by atoms with Crippen LogP contribution in [0.2, 0.25) is 0 Å². The molecular formula is C22H30Cl2N4O6. The van der Waals surface area contributed by atoms with E-state index in [2.05, 4.69) is 21.3 Å². The molecule has 0 aromatic heterocycles. The summed E-state index contributed by atoms with van der Waals surface area (Å²) in [6, 6.07) is 5.59. The Bertz CT molecular complexity index is 1010. The van der Waals surface area contributed by atoms with E-state index in [9.17, 15) is 19.8 Å². The van der Waals surface area contributed by atoms with Crippen LogP contribution >= 0.6 is 24.8 Å². The molecule has 0 unspecified atom stereocenters. The summed E-state index contributed by atoms with van der Waals surface area (Å²) in [5.74, 6) is -1.83. The predicted molar refractivity (Wildman–Crippen MR) is 134 cm³/mol. The Morgan fingerprint density at radius 3 is 1.71 bits per heavy atom. The van der Waals surface area contributed by atoms with E-state index in [0.29, 0.717) is 50.6 Å². The normalized spacial score (nSPS) is 11.7. The van der Waals surface area contributed by atoms with Crippen LogP contribution in [-0.4, -0.2) is 84.5 Å². The van der Waals surface area contributed by atoms with Crippen LogP contribution < -0.4 is 21.3 Å². The van der Waals surface area contributed by atoms with E-state index < -0.39 is 11.6 Å². The van der Waals surface area contributed by atoms with Crippen molar-refractivity contribution in [2.45, 2.75) is 0 Å². The zero-order chi connectivity index (χ0) is 23.1. The van der Waals surface area contributed by atoms with Crippen LogP contribution in [0.15, 0.2) is 24.3 Å². The summed E-state index contributed by atoms with van der Waals surface area (Å²) in [7, 11) is 0. The van der Waals surface area contributed by atoms with E-state index in [0.717, 1.165) is 0 Å². The van der Waals surface area contributed by atoms with Gasteiger partial charge in [0.2, 0.25) is 5.78 Å². The fraction of sp³-hybridized carbons (Fsp3) is 0.364. The van der Waals surface area contributed by atoms with Crippen molar-refractivity contribution >= 4 is 47.8 Å². The molecule has 0 heterocycles. The fourth-order valence-corrected chi connectivity index (χ4v) is 3.63. The maximum atomic E-state index is 13.4. The number of halogens is 2. The minimum Gasteiger partial charge on any atom is -0.507 e. The number of hydrogen-bond acceptors (Lipinski definition) is 10. The van der Waals surface area contributed by atoms with Crippen molar-refractivity contribution in [3.8, 4) is 11.5 Å². The number of aromatic hydroxyl groups is 2. The number of fused-ring (bicyclic) bond motifs is 2. The number of nitrogens with one attached hydrogen (secondary N) is 4. The van der Waals surface area contributed by atoms with Gasteiger partial charge in [-0.25, -0.2) is 0 Å². The molecule has 10 nitrogen and oxygen atoms in total. The number of benzene rings is 2. The Morgan fingerprint density at radius 1 is 0.618 bits per heavy atom. The van der Waals surface area contributed by atoms with Gasteiger partial charge in [0.05, 0.1) is 41.3 Å². The molecule has 34 heavy (non-hydrogen) atoms. The molecule has 0 aliphatic heterocycles. The Labute approximate surface area is 209 Å². The van der Waals surface area contributed by atoms with Gasteiger partial charge in [-0.1, -0.05) is 0 Å². The SMILES string of the molecule is Cl.Cl.O=C1c2ccc(NCCNCCO)c(NCCNCCO)c2C(=O)c2c(O)ccc(O)c21. The average Bonchev–Trinajstić information content (AvgIpc) is 2.78. The van der Waals surface area contributed by atoms with Crippen LogP contribution in [0.25, 0.3) is 0 Å². The first-order valence-corrected chi connectivity index (χ1v) is 10.4. The highest BCUT2D eigenvalue weighted by Gasteiger charge is 2.36. The lowest BCUT2D eigenvalue weighted by Crippen LogP contribution is -2.28. The molecule has 0 spiro atoms. The molecule has 12 heteroatoms. The Kier molecular flexibility index (Phi) is 12.1. The molecular weight excluding hydrogens is 487 g/mol. The minimum absolute atomic E-state index is 0. The highest BCUT2D eigenvalue weighted by Crippen LogP contribution is 2.41. The van der Waals surface area contributed by atoms with Gasteiger partial charge in [-0.2, -0.15) is 0 Å². The molecule has 0 amide bonds. The van der Waals surface area contributed by atoms with Gasteiger partial charge < -0.3 is 41.7 Å². The Balaban J connectivity index is 0.00000289. The zero-order valence-corrected chi connectivity index (χ0v) is 20.0. The van der Waals surface area contributed by atoms with Gasteiger partial charge in [0.15, 0.2) is 5.78 Å². The molecule has 0 radical (unpaired) electrons. The van der Waals surface area contributed by atoms with E-state index in [4.69, 9.17) is 10.2 Å². The minimum atomic E-state index is -0.559. The molecule has 0 saturated carbocycles.